The van der Waals surface area contributed by atoms with Gasteiger partial charge in [-0.05, 0) is 12.3 Å². The molecule has 1 unspecified atom stereocenters. The number of rotatable bonds is 3. The number of amidine groups is 1. The van der Waals surface area contributed by atoms with Crippen LogP contribution in [-0.4, -0.2) is 42.6 Å². The topological polar surface area (TPSA) is 35.8 Å². The van der Waals surface area contributed by atoms with Crippen LogP contribution in [0.15, 0.2) is 4.99 Å². The maximum atomic E-state index is 10.4. The Morgan fingerprint density at radius 2 is 1.92 bits per heavy atom. The highest BCUT2D eigenvalue weighted by Gasteiger charge is 2.35. The Morgan fingerprint density at radius 1 is 1.46 bits per heavy atom. The summed E-state index contributed by atoms with van der Waals surface area (Å²) in [4.78, 5) is 6.02. The van der Waals surface area contributed by atoms with E-state index in [1.54, 1.807) is 7.05 Å². The lowest BCUT2D eigenvalue weighted by Crippen LogP contribution is -2.49. The summed E-state index contributed by atoms with van der Waals surface area (Å²) in [5.74, 6) is 0.934. The van der Waals surface area contributed by atoms with Crippen molar-refractivity contribution in [2.45, 2.75) is 32.8 Å². The summed E-state index contributed by atoms with van der Waals surface area (Å²) in [5.41, 5.74) is -0.793. The third-order valence-electron chi connectivity index (χ3n) is 2.52. The Kier molecular flexibility index (Phi) is 4.40. The van der Waals surface area contributed by atoms with Gasteiger partial charge in [0.05, 0.1) is 0 Å². The van der Waals surface area contributed by atoms with E-state index in [2.05, 4.69) is 4.99 Å². The van der Waals surface area contributed by atoms with Gasteiger partial charge in [-0.3, -0.25) is 4.99 Å². The third kappa shape index (κ3) is 2.44. The Morgan fingerprint density at radius 3 is 2.00 bits per heavy atom. The fourth-order valence-corrected chi connectivity index (χ4v) is 1.61. The molecule has 0 aromatic heterocycles. The summed E-state index contributed by atoms with van der Waals surface area (Å²) in [6.45, 7) is 6.01. The van der Waals surface area contributed by atoms with Crippen molar-refractivity contribution in [3.63, 3.8) is 0 Å². The van der Waals surface area contributed by atoms with Gasteiger partial charge in [0.1, 0.15) is 11.4 Å². The van der Waals surface area contributed by atoms with Gasteiger partial charge in [0, 0.05) is 21.1 Å². The first-order chi connectivity index (χ1) is 5.90. The molecule has 1 N–H and O–H groups in total. The highest BCUT2D eigenvalue weighted by molar-refractivity contribution is 5.90. The number of likely N-dealkylation sites (N-methyl/N-ethyl adjacent to an activating group) is 1. The van der Waals surface area contributed by atoms with Gasteiger partial charge in [-0.2, -0.15) is 0 Å². The van der Waals surface area contributed by atoms with Crippen LogP contribution in [0.4, 0.5) is 0 Å². The van der Waals surface area contributed by atoms with Crippen molar-refractivity contribution in [2.24, 2.45) is 10.9 Å². The van der Waals surface area contributed by atoms with Gasteiger partial charge in [0.2, 0.25) is 0 Å². The fraction of sp³-hybridized carbons (Fsp3) is 0.900. The normalized spacial score (nSPS) is 17.4. The Balaban J connectivity index is 4.94. The van der Waals surface area contributed by atoms with Gasteiger partial charge in [0.15, 0.2) is 0 Å². The maximum absolute atomic E-state index is 10.4. The molecule has 0 radical (unpaired) electrons. The quantitative estimate of drug-likeness (QED) is 0.534. The SMILES string of the molecule is CCC(O)(C(=NC)N(C)C)C(C)C. The zero-order valence-corrected chi connectivity index (χ0v) is 9.63. The van der Waals surface area contributed by atoms with E-state index in [1.165, 1.54) is 0 Å². The van der Waals surface area contributed by atoms with Crippen LogP contribution in [0.5, 0.6) is 0 Å². The Labute approximate surface area is 81.5 Å². The van der Waals surface area contributed by atoms with Gasteiger partial charge in [-0.25, -0.2) is 0 Å². The molecule has 0 aromatic carbocycles. The molecule has 0 aliphatic rings. The van der Waals surface area contributed by atoms with E-state index in [0.29, 0.717) is 6.42 Å². The van der Waals surface area contributed by atoms with Crippen LogP contribution < -0.4 is 0 Å². The summed E-state index contributed by atoms with van der Waals surface area (Å²) >= 11 is 0. The fourth-order valence-electron chi connectivity index (χ4n) is 1.61. The lowest BCUT2D eigenvalue weighted by atomic mass is 9.86. The number of nitrogens with zero attached hydrogens (tertiary/aromatic N) is 2. The molecule has 0 rings (SSSR count). The zero-order chi connectivity index (χ0) is 10.6. The van der Waals surface area contributed by atoms with Gasteiger partial charge >= 0.3 is 0 Å². The molecule has 0 spiro atoms. The first kappa shape index (κ1) is 12.4. The van der Waals surface area contributed by atoms with Crippen LogP contribution in [-0.2, 0) is 0 Å². The number of aliphatic imine (C=N–C) groups is 1. The molecule has 0 aromatic rings. The summed E-state index contributed by atoms with van der Waals surface area (Å²) in [6.07, 6.45) is 0.690. The van der Waals surface area contributed by atoms with Crippen LogP contribution >= 0.6 is 0 Å². The molecule has 0 heterocycles. The molecule has 0 amide bonds. The Bertz CT molecular complexity index is 187. The molecule has 0 bridgehead atoms. The first-order valence-corrected chi connectivity index (χ1v) is 4.77. The van der Waals surface area contributed by atoms with E-state index >= 15 is 0 Å². The Hall–Kier alpha value is -0.570. The van der Waals surface area contributed by atoms with E-state index in [1.807, 2.05) is 39.8 Å². The smallest absolute Gasteiger partial charge is 0.131 e. The minimum absolute atomic E-state index is 0.179. The average molecular weight is 186 g/mol. The lowest BCUT2D eigenvalue weighted by molar-refractivity contribution is 0.0498. The van der Waals surface area contributed by atoms with E-state index in [9.17, 15) is 5.11 Å². The predicted octanol–water partition coefficient (Wildman–Crippen LogP) is 1.37. The first-order valence-electron chi connectivity index (χ1n) is 4.77. The number of hydrogen-bond acceptors (Lipinski definition) is 2. The largest absolute Gasteiger partial charge is 0.382 e. The molecule has 0 fully saturated rings. The molecule has 78 valence electrons. The summed E-state index contributed by atoms with van der Waals surface area (Å²) in [6, 6.07) is 0. The molecule has 0 saturated heterocycles. The van der Waals surface area contributed by atoms with Crippen molar-refractivity contribution in [1.29, 1.82) is 0 Å². The molecule has 0 aliphatic heterocycles. The van der Waals surface area contributed by atoms with E-state index in [-0.39, 0.29) is 5.92 Å². The molecule has 3 nitrogen and oxygen atoms in total. The molecular weight excluding hydrogens is 164 g/mol. The van der Waals surface area contributed by atoms with E-state index in [0.717, 1.165) is 5.84 Å². The molecule has 1 atom stereocenters. The van der Waals surface area contributed by atoms with Crippen molar-refractivity contribution in [2.75, 3.05) is 21.1 Å². The summed E-state index contributed by atoms with van der Waals surface area (Å²) in [5, 5.41) is 10.4. The standard InChI is InChI=1S/C10H22N2O/c1-7-10(13,8(2)3)9(11-4)12(5)6/h8,13H,7H2,1-6H3. The predicted molar refractivity (Wildman–Crippen MR) is 57.1 cm³/mol. The lowest BCUT2D eigenvalue weighted by Gasteiger charge is -2.35. The summed E-state index contributed by atoms with van der Waals surface area (Å²) < 4.78 is 0. The number of aliphatic hydroxyl groups is 1. The van der Waals surface area contributed by atoms with Crippen molar-refractivity contribution < 1.29 is 5.11 Å². The second kappa shape index (κ2) is 4.61. The summed E-state index contributed by atoms with van der Waals surface area (Å²) in [7, 11) is 5.54. The third-order valence-corrected chi connectivity index (χ3v) is 2.52. The highest BCUT2D eigenvalue weighted by atomic mass is 16.3. The molecule has 3 heteroatoms. The highest BCUT2D eigenvalue weighted by Crippen LogP contribution is 2.23. The molecule has 0 saturated carbocycles. The van der Waals surface area contributed by atoms with Gasteiger partial charge in [-0.15, -0.1) is 0 Å². The van der Waals surface area contributed by atoms with Gasteiger partial charge < -0.3 is 10.0 Å². The van der Waals surface area contributed by atoms with Crippen LogP contribution in [0.3, 0.4) is 0 Å². The average Bonchev–Trinajstić information content (AvgIpc) is 2.04. The monoisotopic (exact) mass is 186 g/mol. The second-order valence-electron chi connectivity index (χ2n) is 3.87. The van der Waals surface area contributed by atoms with Crippen molar-refractivity contribution in [3.05, 3.63) is 0 Å². The molecule has 0 aliphatic carbocycles. The maximum Gasteiger partial charge on any atom is 0.131 e. The van der Waals surface area contributed by atoms with E-state index in [4.69, 9.17) is 0 Å². The molecular formula is C10H22N2O. The van der Waals surface area contributed by atoms with Gasteiger partial charge in [-0.1, -0.05) is 20.8 Å². The van der Waals surface area contributed by atoms with Crippen LogP contribution in [0, 0.1) is 5.92 Å². The zero-order valence-electron chi connectivity index (χ0n) is 9.63. The minimum atomic E-state index is -0.793. The number of hydrogen-bond donors (Lipinski definition) is 1. The van der Waals surface area contributed by atoms with Crippen LogP contribution in [0.2, 0.25) is 0 Å². The van der Waals surface area contributed by atoms with Crippen LogP contribution in [0.25, 0.3) is 0 Å². The van der Waals surface area contributed by atoms with Crippen molar-refractivity contribution >= 4 is 5.84 Å². The minimum Gasteiger partial charge on any atom is -0.382 e. The van der Waals surface area contributed by atoms with E-state index < -0.39 is 5.60 Å². The van der Waals surface area contributed by atoms with Gasteiger partial charge in [0.25, 0.3) is 0 Å². The van der Waals surface area contributed by atoms with Crippen LogP contribution in [0.1, 0.15) is 27.2 Å². The molecule has 13 heavy (non-hydrogen) atoms. The van der Waals surface area contributed by atoms with Crippen molar-refractivity contribution in [3.8, 4) is 0 Å². The van der Waals surface area contributed by atoms with Crippen molar-refractivity contribution in [1.82, 2.24) is 4.90 Å². The second-order valence-corrected chi connectivity index (χ2v) is 3.87.